The molecular weight excluding hydrogens is 298 g/mol. The molecule has 1 aromatic heterocycles. The second kappa shape index (κ2) is 5.96. The van der Waals surface area contributed by atoms with Crippen molar-refractivity contribution in [3.05, 3.63) is 34.8 Å². The van der Waals surface area contributed by atoms with Crippen molar-refractivity contribution in [3.63, 3.8) is 0 Å². The van der Waals surface area contributed by atoms with Crippen LogP contribution in [0.15, 0.2) is 23.6 Å². The van der Waals surface area contributed by atoms with Crippen molar-refractivity contribution >= 4 is 28.1 Å². The number of rotatable bonds is 3. The Hall–Kier alpha value is -2.08. The number of fused-ring (bicyclic) bond motifs is 1. The zero-order valence-electron chi connectivity index (χ0n) is 12.9. The molecule has 1 aliphatic heterocycles. The van der Waals surface area contributed by atoms with E-state index in [1.165, 1.54) is 23.8 Å². The molecule has 0 saturated heterocycles. The number of nitrogens with zero attached hydrogens (tertiary/aromatic N) is 2. The van der Waals surface area contributed by atoms with Crippen LogP contribution in [0.2, 0.25) is 0 Å². The van der Waals surface area contributed by atoms with E-state index >= 15 is 0 Å². The van der Waals surface area contributed by atoms with Crippen LogP contribution in [-0.4, -0.2) is 23.5 Å². The highest BCUT2D eigenvalue weighted by Crippen LogP contribution is 2.35. The van der Waals surface area contributed by atoms with Gasteiger partial charge in [0.15, 0.2) is 5.13 Å². The van der Waals surface area contributed by atoms with E-state index < -0.39 is 0 Å². The van der Waals surface area contributed by atoms with E-state index in [0.29, 0.717) is 11.7 Å². The fourth-order valence-electron chi connectivity index (χ4n) is 2.57. The summed E-state index contributed by atoms with van der Waals surface area (Å²) in [6.45, 7) is 7.17. The van der Waals surface area contributed by atoms with Gasteiger partial charge in [0.05, 0.1) is 24.5 Å². The van der Waals surface area contributed by atoms with Crippen molar-refractivity contribution in [2.45, 2.75) is 33.4 Å². The third-order valence-electron chi connectivity index (χ3n) is 3.45. The summed E-state index contributed by atoms with van der Waals surface area (Å²) in [5.74, 6) is 0.823. The maximum Gasteiger partial charge on any atom is 0.223 e. The molecule has 1 unspecified atom stereocenters. The van der Waals surface area contributed by atoms with Crippen molar-refractivity contribution in [2.75, 3.05) is 16.8 Å². The summed E-state index contributed by atoms with van der Waals surface area (Å²) in [5, 5.41) is 5.36. The third-order valence-corrected chi connectivity index (χ3v) is 4.25. The Balaban J connectivity index is 1.82. The normalized spacial score (nSPS) is 16.9. The number of hydrogen-bond acceptors (Lipinski definition) is 5. The molecule has 1 N–H and O–H groups in total. The molecule has 2 aromatic rings. The highest BCUT2D eigenvalue weighted by Gasteiger charge is 2.23. The number of nitrogens with one attached hydrogen (secondary N) is 1. The Labute approximate surface area is 133 Å². The number of ether oxygens (including phenoxy) is 1. The van der Waals surface area contributed by atoms with E-state index in [2.05, 4.69) is 41.2 Å². The van der Waals surface area contributed by atoms with Gasteiger partial charge in [-0.25, -0.2) is 4.98 Å². The fraction of sp³-hybridized carbons (Fsp3) is 0.375. The zero-order valence-corrected chi connectivity index (χ0v) is 13.7. The molecule has 0 fully saturated rings. The summed E-state index contributed by atoms with van der Waals surface area (Å²) in [7, 11) is 0. The van der Waals surface area contributed by atoms with E-state index in [0.717, 1.165) is 23.7 Å². The van der Waals surface area contributed by atoms with E-state index in [9.17, 15) is 4.79 Å². The Morgan fingerprint density at radius 3 is 3.14 bits per heavy atom. The minimum Gasteiger partial charge on any atom is -0.487 e. The average molecular weight is 317 g/mol. The van der Waals surface area contributed by atoms with Crippen molar-refractivity contribution in [2.24, 2.45) is 0 Å². The van der Waals surface area contributed by atoms with Crippen molar-refractivity contribution < 1.29 is 9.53 Å². The van der Waals surface area contributed by atoms with Gasteiger partial charge >= 0.3 is 0 Å². The number of benzene rings is 1. The van der Waals surface area contributed by atoms with E-state index in [4.69, 9.17) is 4.74 Å². The van der Waals surface area contributed by atoms with Crippen LogP contribution in [0.5, 0.6) is 5.75 Å². The van der Waals surface area contributed by atoms with Crippen LogP contribution < -0.4 is 15.0 Å². The van der Waals surface area contributed by atoms with Crippen LogP contribution in [0, 0.1) is 6.92 Å². The van der Waals surface area contributed by atoms with E-state index in [1.807, 2.05) is 11.4 Å². The number of amides is 1. The molecule has 1 amide bonds. The van der Waals surface area contributed by atoms with Crippen LogP contribution in [0.1, 0.15) is 25.1 Å². The maximum atomic E-state index is 11.1. The van der Waals surface area contributed by atoms with Crippen molar-refractivity contribution in [1.82, 2.24) is 4.98 Å². The lowest BCUT2D eigenvalue weighted by atomic mass is 10.1. The van der Waals surface area contributed by atoms with E-state index in [-0.39, 0.29) is 12.0 Å². The van der Waals surface area contributed by atoms with Gasteiger partial charge in [0, 0.05) is 12.3 Å². The number of carbonyl (C=O) groups is 1. The summed E-state index contributed by atoms with van der Waals surface area (Å²) in [6, 6.07) is 6.23. The van der Waals surface area contributed by atoms with E-state index in [1.54, 1.807) is 0 Å². The van der Waals surface area contributed by atoms with Gasteiger partial charge in [-0.05, 0) is 31.5 Å². The monoisotopic (exact) mass is 317 g/mol. The highest BCUT2D eigenvalue weighted by atomic mass is 32.1. The molecule has 0 radical (unpaired) electrons. The number of anilines is 2. The Bertz CT molecular complexity index is 698. The minimum atomic E-state index is -0.0955. The lowest BCUT2D eigenvalue weighted by Gasteiger charge is -2.34. The molecule has 5 nitrogen and oxygen atoms in total. The van der Waals surface area contributed by atoms with Crippen LogP contribution in [-0.2, 0) is 11.3 Å². The summed E-state index contributed by atoms with van der Waals surface area (Å²) in [5.41, 5.74) is 3.27. The molecule has 2 heterocycles. The molecule has 6 heteroatoms. The van der Waals surface area contributed by atoms with Gasteiger partial charge in [-0.15, -0.1) is 11.3 Å². The SMILES string of the molecule is CC(=O)Nc1nc(CN2CC(C)Oc3ccc(C)cc32)cs1. The molecule has 1 aliphatic rings. The summed E-state index contributed by atoms with van der Waals surface area (Å²) in [6.07, 6.45) is 0.142. The van der Waals surface area contributed by atoms with Gasteiger partial charge < -0.3 is 15.0 Å². The first-order chi connectivity index (χ1) is 10.5. The number of hydrogen-bond donors (Lipinski definition) is 1. The van der Waals surface area contributed by atoms with Gasteiger partial charge in [-0.2, -0.15) is 0 Å². The van der Waals surface area contributed by atoms with Gasteiger partial charge in [-0.1, -0.05) is 6.07 Å². The molecule has 3 rings (SSSR count). The number of carbonyl (C=O) groups excluding carboxylic acids is 1. The summed E-state index contributed by atoms with van der Waals surface area (Å²) >= 11 is 1.45. The smallest absolute Gasteiger partial charge is 0.223 e. The van der Waals surface area contributed by atoms with Gasteiger partial charge in [0.25, 0.3) is 0 Å². The number of aryl methyl sites for hydroxylation is 1. The first kappa shape index (κ1) is 14.8. The Morgan fingerprint density at radius 2 is 2.36 bits per heavy atom. The molecule has 1 aromatic carbocycles. The number of aromatic nitrogens is 1. The second-order valence-electron chi connectivity index (χ2n) is 5.61. The summed E-state index contributed by atoms with van der Waals surface area (Å²) < 4.78 is 5.90. The molecule has 0 aliphatic carbocycles. The van der Waals surface area contributed by atoms with Crippen LogP contribution >= 0.6 is 11.3 Å². The topological polar surface area (TPSA) is 54.5 Å². The quantitative estimate of drug-likeness (QED) is 0.944. The first-order valence-corrected chi connectivity index (χ1v) is 8.13. The molecule has 116 valence electrons. The predicted molar refractivity (Wildman–Crippen MR) is 88.7 cm³/mol. The Morgan fingerprint density at radius 1 is 1.55 bits per heavy atom. The zero-order chi connectivity index (χ0) is 15.7. The molecule has 0 saturated carbocycles. The molecular formula is C16H19N3O2S. The molecule has 1 atom stereocenters. The van der Waals surface area contributed by atoms with Crippen LogP contribution in [0.25, 0.3) is 0 Å². The maximum absolute atomic E-state index is 11.1. The van der Waals surface area contributed by atoms with Gasteiger partial charge in [-0.3, -0.25) is 4.79 Å². The molecule has 0 spiro atoms. The average Bonchev–Trinajstić information content (AvgIpc) is 2.86. The van der Waals surface area contributed by atoms with Gasteiger partial charge in [0.2, 0.25) is 5.91 Å². The Kier molecular flexibility index (Phi) is 4.02. The third kappa shape index (κ3) is 3.22. The highest BCUT2D eigenvalue weighted by molar-refractivity contribution is 7.13. The van der Waals surface area contributed by atoms with Crippen LogP contribution in [0.3, 0.4) is 0 Å². The predicted octanol–water partition coefficient (Wildman–Crippen LogP) is 3.20. The minimum absolute atomic E-state index is 0.0955. The summed E-state index contributed by atoms with van der Waals surface area (Å²) in [4.78, 5) is 17.8. The second-order valence-corrected chi connectivity index (χ2v) is 6.46. The lowest BCUT2D eigenvalue weighted by Crippen LogP contribution is -2.38. The lowest BCUT2D eigenvalue weighted by molar-refractivity contribution is -0.114. The van der Waals surface area contributed by atoms with Gasteiger partial charge in [0.1, 0.15) is 11.9 Å². The largest absolute Gasteiger partial charge is 0.487 e. The van der Waals surface area contributed by atoms with Crippen molar-refractivity contribution in [1.29, 1.82) is 0 Å². The first-order valence-electron chi connectivity index (χ1n) is 7.25. The van der Waals surface area contributed by atoms with Crippen molar-refractivity contribution in [3.8, 4) is 5.75 Å². The number of thiazole rings is 1. The molecule has 22 heavy (non-hydrogen) atoms. The standard InChI is InChI=1S/C16H19N3O2S/c1-10-4-5-15-14(6-10)19(7-11(2)21-15)8-13-9-22-16(18-13)17-12(3)20/h4-6,9,11H,7-8H2,1-3H3,(H,17,18,20). The van der Waals surface area contributed by atoms with Crippen LogP contribution in [0.4, 0.5) is 10.8 Å². The fourth-order valence-corrected chi connectivity index (χ4v) is 3.32. The molecule has 0 bridgehead atoms.